The van der Waals surface area contributed by atoms with Crippen LogP contribution in [0.15, 0.2) is 30.5 Å². The lowest BCUT2D eigenvalue weighted by atomic mass is 9.91. The topological polar surface area (TPSA) is 47.9 Å². The molecular formula is C35H63N3OSi2. The van der Waals surface area contributed by atoms with E-state index in [1.807, 2.05) is 18.3 Å². The zero-order valence-corrected chi connectivity index (χ0v) is 30.5. The first-order valence-corrected chi connectivity index (χ1v) is 20.6. The van der Waals surface area contributed by atoms with E-state index in [1.54, 1.807) is 0 Å². The fourth-order valence-electron chi connectivity index (χ4n) is 5.75. The lowest BCUT2D eigenvalue weighted by molar-refractivity contribution is 0.382. The number of pyridine rings is 1. The van der Waals surface area contributed by atoms with Crippen molar-refractivity contribution in [2.24, 2.45) is 23.7 Å². The molecule has 0 fully saturated rings. The maximum Gasteiger partial charge on any atom is 0.221 e. The second kappa shape index (κ2) is 22.1. The molecule has 0 N–H and O–H groups in total. The van der Waals surface area contributed by atoms with Crippen LogP contribution in [-0.2, 0) is 0 Å². The first kappa shape index (κ1) is 35.7. The van der Waals surface area contributed by atoms with Gasteiger partial charge in [0.15, 0.2) is 0 Å². The molecule has 0 aliphatic carbocycles. The van der Waals surface area contributed by atoms with Crippen LogP contribution in [0.2, 0.25) is 12.1 Å². The van der Waals surface area contributed by atoms with Gasteiger partial charge in [-0.15, -0.1) is 10.2 Å². The zero-order chi connectivity index (χ0) is 29.7. The van der Waals surface area contributed by atoms with Crippen LogP contribution in [0, 0.1) is 23.7 Å². The van der Waals surface area contributed by atoms with Crippen molar-refractivity contribution in [1.29, 1.82) is 0 Å². The zero-order valence-electron chi connectivity index (χ0n) is 27.7. The molecule has 0 aliphatic rings. The summed E-state index contributed by atoms with van der Waals surface area (Å²) >= 11 is 0. The first-order chi connectivity index (χ1) is 19.9. The molecule has 0 bridgehead atoms. The molecule has 0 saturated carbocycles. The van der Waals surface area contributed by atoms with E-state index in [4.69, 9.17) is 9.41 Å². The quantitative estimate of drug-likeness (QED) is 0.0897. The van der Waals surface area contributed by atoms with Crippen LogP contribution >= 0.6 is 0 Å². The summed E-state index contributed by atoms with van der Waals surface area (Å²) in [5, 5.41) is 10.3. The highest BCUT2D eigenvalue weighted by molar-refractivity contribution is 6.54. The molecular weight excluding hydrogens is 535 g/mol. The Morgan fingerprint density at radius 2 is 1.32 bits per heavy atom. The Balaban J connectivity index is 1.69. The smallest absolute Gasteiger partial charge is 0.221 e. The van der Waals surface area contributed by atoms with Crippen molar-refractivity contribution < 1.29 is 4.43 Å². The van der Waals surface area contributed by atoms with Crippen LogP contribution < -0.4 is 9.74 Å². The second-order valence-electron chi connectivity index (χ2n) is 13.2. The van der Waals surface area contributed by atoms with E-state index in [0.29, 0.717) is 5.88 Å². The third-order valence-electron chi connectivity index (χ3n) is 8.93. The molecule has 0 saturated heterocycles. The highest BCUT2D eigenvalue weighted by Gasteiger charge is 2.12. The standard InChI is InChI=1S/C35H63N3OSi2/c1-7-9-11-16-29(4)19-20-30(5)17-12-13-26-40-35-32(18-14-25-36-35)33-23-24-34(38-37-33)39-41-27-31(6)22-21-28(3)15-10-8-2/h14,18,23-25,28-31H,7-13,15-17,19-22,26-27,40-41H2,1-6H3. The van der Waals surface area contributed by atoms with Crippen molar-refractivity contribution in [2.75, 3.05) is 0 Å². The van der Waals surface area contributed by atoms with Crippen molar-refractivity contribution in [2.45, 2.75) is 144 Å². The number of aromatic nitrogens is 3. The molecule has 2 rings (SSSR count). The number of nitrogens with zero attached hydrogens (tertiary/aromatic N) is 3. The minimum atomic E-state index is -0.621. The fraction of sp³-hybridized carbons (Fsp3) is 0.743. The molecule has 4 unspecified atom stereocenters. The summed E-state index contributed by atoms with van der Waals surface area (Å²) in [5.74, 6) is 4.04. The van der Waals surface area contributed by atoms with Crippen molar-refractivity contribution >= 4 is 24.6 Å². The first-order valence-electron chi connectivity index (χ1n) is 17.3. The number of hydrogen-bond acceptors (Lipinski definition) is 4. The molecule has 41 heavy (non-hydrogen) atoms. The van der Waals surface area contributed by atoms with Crippen molar-refractivity contribution in [3.63, 3.8) is 0 Å². The summed E-state index contributed by atoms with van der Waals surface area (Å²) in [7, 11) is -1.04. The van der Waals surface area contributed by atoms with Crippen LogP contribution in [0.5, 0.6) is 5.88 Å². The van der Waals surface area contributed by atoms with Crippen LogP contribution in [0.1, 0.15) is 131 Å². The van der Waals surface area contributed by atoms with E-state index in [-0.39, 0.29) is 0 Å². The van der Waals surface area contributed by atoms with Gasteiger partial charge in [-0.3, -0.25) is 4.98 Å². The molecule has 0 aromatic carbocycles. The van der Waals surface area contributed by atoms with Gasteiger partial charge in [0.05, 0.1) is 15.2 Å². The third-order valence-corrected chi connectivity index (χ3v) is 12.5. The van der Waals surface area contributed by atoms with E-state index in [1.165, 1.54) is 113 Å². The molecule has 6 heteroatoms. The molecule has 0 amide bonds. The molecule has 4 atom stereocenters. The van der Waals surface area contributed by atoms with E-state index >= 15 is 0 Å². The normalized spacial score (nSPS) is 15.1. The van der Waals surface area contributed by atoms with E-state index in [9.17, 15) is 0 Å². The molecule has 2 aromatic rings. The average Bonchev–Trinajstić information content (AvgIpc) is 2.98. The van der Waals surface area contributed by atoms with Crippen molar-refractivity contribution in [1.82, 2.24) is 15.2 Å². The Morgan fingerprint density at radius 3 is 1.95 bits per heavy atom. The maximum atomic E-state index is 6.09. The highest BCUT2D eigenvalue weighted by atomic mass is 28.2. The Labute approximate surface area is 258 Å². The summed E-state index contributed by atoms with van der Waals surface area (Å²) < 4.78 is 6.09. The number of unbranched alkanes of at least 4 members (excludes halogenated alkanes) is 4. The minimum Gasteiger partial charge on any atom is -0.535 e. The van der Waals surface area contributed by atoms with Crippen molar-refractivity contribution in [3.8, 4) is 17.1 Å². The average molecular weight is 598 g/mol. The van der Waals surface area contributed by atoms with Gasteiger partial charge < -0.3 is 4.43 Å². The predicted molar refractivity (Wildman–Crippen MR) is 185 cm³/mol. The lowest BCUT2D eigenvalue weighted by Gasteiger charge is -2.15. The minimum absolute atomic E-state index is 0.417. The molecule has 0 aliphatic heterocycles. The number of hydrogen-bond donors (Lipinski definition) is 0. The van der Waals surface area contributed by atoms with Gasteiger partial charge in [0.1, 0.15) is 0 Å². The Hall–Kier alpha value is -1.54. The summed E-state index contributed by atoms with van der Waals surface area (Å²) in [6.45, 7) is 14.3. The van der Waals surface area contributed by atoms with E-state index in [2.05, 4.69) is 63.9 Å². The van der Waals surface area contributed by atoms with Gasteiger partial charge in [0.25, 0.3) is 0 Å². The Kier molecular flexibility index (Phi) is 19.2. The maximum absolute atomic E-state index is 6.09. The van der Waals surface area contributed by atoms with Crippen LogP contribution in [0.4, 0.5) is 0 Å². The van der Waals surface area contributed by atoms with E-state index < -0.39 is 19.3 Å². The lowest BCUT2D eigenvalue weighted by Crippen LogP contribution is -2.21. The third kappa shape index (κ3) is 16.0. The van der Waals surface area contributed by atoms with Crippen molar-refractivity contribution in [3.05, 3.63) is 30.5 Å². The molecule has 232 valence electrons. The van der Waals surface area contributed by atoms with Gasteiger partial charge in [0.2, 0.25) is 15.6 Å². The fourth-order valence-corrected chi connectivity index (χ4v) is 8.66. The summed E-state index contributed by atoms with van der Waals surface area (Å²) in [6.07, 6.45) is 21.1. The van der Waals surface area contributed by atoms with Gasteiger partial charge >= 0.3 is 0 Å². The SMILES string of the molecule is CCCCCC(C)CCC(C)CCCC[SiH2]c1ncccc1-c1ccc(O[SiH2]CC(C)CCC(C)CCCC)nn1. The van der Waals surface area contributed by atoms with Gasteiger partial charge in [-0.2, -0.15) is 0 Å². The number of rotatable bonds is 24. The van der Waals surface area contributed by atoms with Crippen LogP contribution in [0.25, 0.3) is 11.3 Å². The largest absolute Gasteiger partial charge is 0.535 e. The molecule has 0 spiro atoms. The summed E-state index contributed by atoms with van der Waals surface area (Å²) in [4.78, 5) is 4.77. The van der Waals surface area contributed by atoms with Crippen LogP contribution in [0.3, 0.4) is 0 Å². The Bertz CT molecular complexity index is 911. The highest BCUT2D eigenvalue weighted by Crippen LogP contribution is 2.22. The molecule has 2 aromatic heterocycles. The predicted octanol–water partition coefficient (Wildman–Crippen LogP) is 8.68. The Morgan fingerprint density at radius 1 is 0.683 bits per heavy atom. The van der Waals surface area contributed by atoms with Gasteiger partial charge in [-0.05, 0) is 47.9 Å². The molecule has 4 nitrogen and oxygen atoms in total. The van der Waals surface area contributed by atoms with Crippen LogP contribution in [-0.4, -0.2) is 34.5 Å². The van der Waals surface area contributed by atoms with Gasteiger partial charge in [-0.1, -0.05) is 137 Å². The van der Waals surface area contributed by atoms with Gasteiger partial charge in [0, 0.05) is 23.1 Å². The second-order valence-corrected chi connectivity index (χ2v) is 16.4. The molecule has 0 radical (unpaired) electrons. The monoisotopic (exact) mass is 597 g/mol. The molecule has 2 heterocycles. The summed E-state index contributed by atoms with van der Waals surface area (Å²) in [6, 6.07) is 10.8. The summed E-state index contributed by atoms with van der Waals surface area (Å²) in [5.41, 5.74) is 2.11. The van der Waals surface area contributed by atoms with Gasteiger partial charge in [-0.25, -0.2) is 0 Å². The van der Waals surface area contributed by atoms with E-state index in [0.717, 1.165) is 29.4 Å².